The third-order valence-electron chi connectivity index (χ3n) is 4.87. The Morgan fingerprint density at radius 1 is 0.931 bits per heavy atom. The molecule has 2 aromatic rings. The monoisotopic (exact) mass is 417 g/mol. The van der Waals surface area contributed by atoms with Crippen LogP contribution in [-0.4, -0.2) is 39.7 Å². The Morgan fingerprint density at radius 3 is 2.00 bits per heavy atom. The van der Waals surface area contributed by atoms with E-state index in [2.05, 4.69) is 24.1 Å². The van der Waals surface area contributed by atoms with E-state index in [-0.39, 0.29) is 5.91 Å². The molecule has 6 nitrogen and oxygen atoms in total. The van der Waals surface area contributed by atoms with E-state index in [1.54, 1.807) is 24.3 Å². The second-order valence-electron chi connectivity index (χ2n) is 6.87. The van der Waals surface area contributed by atoms with Crippen molar-refractivity contribution in [1.29, 1.82) is 0 Å². The average Bonchev–Trinajstić information content (AvgIpc) is 2.71. The number of amides is 1. The van der Waals surface area contributed by atoms with E-state index in [4.69, 9.17) is 0 Å². The van der Waals surface area contributed by atoms with Gasteiger partial charge >= 0.3 is 0 Å². The summed E-state index contributed by atoms with van der Waals surface area (Å²) >= 11 is 0. The molecular weight excluding hydrogens is 386 g/mol. The maximum Gasteiger partial charge on any atom is 0.244 e. The van der Waals surface area contributed by atoms with Gasteiger partial charge in [-0.15, -0.1) is 0 Å². The molecule has 0 spiro atoms. The average molecular weight is 418 g/mol. The zero-order chi connectivity index (χ0) is 21.4. The van der Waals surface area contributed by atoms with Gasteiger partial charge in [-0.25, -0.2) is 8.42 Å². The zero-order valence-corrected chi connectivity index (χ0v) is 18.4. The quantitative estimate of drug-likeness (QED) is 0.643. The highest BCUT2D eigenvalue weighted by molar-refractivity contribution is 7.92. The van der Waals surface area contributed by atoms with Crippen LogP contribution in [0, 0.1) is 0 Å². The van der Waals surface area contributed by atoms with Gasteiger partial charge in [0.1, 0.15) is 6.04 Å². The van der Waals surface area contributed by atoms with E-state index in [0.717, 1.165) is 30.6 Å². The van der Waals surface area contributed by atoms with Gasteiger partial charge in [0.2, 0.25) is 15.9 Å². The van der Waals surface area contributed by atoms with Crippen LogP contribution in [0.4, 0.5) is 11.4 Å². The number of rotatable bonds is 10. The van der Waals surface area contributed by atoms with Gasteiger partial charge in [-0.05, 0) is 50.1 Å². The highest BCUT2D eigenvalue weighted by Gasteiger charge is 2.31. The number of carbonyl (C=O) groups is 1. The Bertz CT molecular complexity index is 879. The fraction of sp³-hybridized carbons (Fsp3) is 0.409. The van der Waals surface area contributed by atoms with Crippen LogP contribution in [0.15, 0.2) is 54.6 Å². The third kappa shape index (κ3) is 5.97. The van der Waals surface area contributed by atoms with Gasteiger partial charge in [-0.1, -0.05) is 37.3 Å². The predicted octanol–water partition coefficient (Wildman–Crippen LogP) is 3.39. The maximum atomic E-state index is 12.9. The minimum Gasteiger partial charge on any atom is -0.372 e. The Labute approximate surface area is 174 Å². The zero-order valence-electron chi connectivity index (χ0n) is 17.6. The molecule has 0 heterocycles. The number of para-hydroxylation sites is 1. The van der Waals surface area contributed by atoms with E-state index in [1.165, 1.54) is 4.31 Å². The van der Waals surface area contributed by atoms with Crippen LogP contribution in [0.5, 0.6) is 0 Å². The number of nitrogens with one attached hydrogen (secondary N) is 1. The standard InChI is InChI=1S/C22H31N3O3S/c1-5-21(25(29(4,27)28)20-11-9-8-10-12-20)22(26)23-17-18-13-15-19(16-14-18)24(6-2)7-3/h8-16,21H,5-7,17H2,1-4H3,(H,23,26)/t21-/m1/s1. The number of hydrogen-bond donors (Lipinski definition) is 1. The molecule has 0 aliphatic carbocycles. The lowest BCUT2D eigenvalue weighted by atomic mass is 10.1. The number of carbonyl (C=O) groups excluding carboxylic acids is 1. The lowest BCUT2D eigenvalue weighted by Gasteiger charge is -2.30. The first-order valence-electron chi connectivity index (χ1n) is 9.97. The summed E-state index contributed by atoms with van der Waals surface area (Å²) < 4.78 is 26.0. The van der Waals surface area contributed by atoms with Crippen molar-refractivity contribution in [3.8, 4) is 0 Å². The Balaban J connectivity index is 2.13. The first kappa shape index (κ1) is 22.7. The van der Waals surface area contributed by atoms with Crippen LogP contribution in [0.2, 0.25) is 0 Å². The molecule has 0 saturated heterocycles. The second kappa shape index (κ2) is 10.3. The predicted molar refractivity (Wildman–Crippen MR) is 120 cm³/mol. The molecule has 0 radical (unpaired) electrons. The van der Waals surface area contributed by atoms with E-state index in [1.807, 2.05) is 37.3 Å². The number of anilines is 2. The van der Waals surface area contributed by atoms with E-state index >= 15 is 0 Å². The number of sulfonamides is 1. The molecular formula is C22H31N3O3S. The molecule has 0 aliphatic rings. The van der Waals surface area contributed by atoms with Crippen LogP contribution < -0.4 is 14.5 Å². The largest absolute Gasteiger partial charge is 0.372 e. The van der Waals surface area contributed by atoms with Crippen molar-refractivity contribution in [3.63, 3.8) is 0 Å². The normalized spacial score (nSPS) is 12.3. The van der Waals surface area contributed by atoms with Crippen molar-refractivity contribution in [2.75, 3.05) is 28.6 Å². The van der Waals surface area contributed by atoms with Crippen LogP contribution >= 0.6 is 0 Å². The number of hydrogen-bond acceptors (Lipinski definition) is 4. The molecule has 158 valence electrons. The Hall–Kier alpha value is -2.54. The Kier molecular flexibility index (Phi) is 8.08. The van der Waals surface area contributed by atoms with Crippen molar-refractivity contribution in [2.45, 2.75) is 39.8 Å². The minimum absolute atomic E-state index is 0.311. The molecule has 29 heavy (non-hydrogen) atoms. The molecule has 7 heteroatoms. The van der Waals surface area contributed by atoms with Crippen LogP contribution in [0.25, 0.3) is 0 Å². The topological polar surface area (TPSA) is 69.7 Å². The maximum absolute atomic E-state index is 12.9. The summed E-state index contributed by atoms with van der Waals surface area (Å²) in [6, 6.07) is 16.0. The van der Waals surface area contributed by atoms with Gasteiger partial charge in [0.05, 0.1) is 11.9 Å². The third-order valence-corrected chi connectivity index (χ3v) is 6.05. The van der Waals surface area contributed by atoms with Crippen molar-refractivity contribution in [3.05, 3.63) is 60.2 Å². The van der Waals surface area contributed by atoms with E-state index < -0.39 is 16.1 Å². The van der Waals surface area contributed by atoms with Gasteiger partial charge in [0.25, 0.3) is 0 Å². The molecule has 0 aliphatic heterocycles. The van der Waals surface area contributed by atoms with Crippen molar-refractivity contribution >= 4 is 27.3 Å². The second-order valence-corrected chi connectivity index (χ2v) is 8.73. The van der Waals surface area contributed by atoms with Gasteiger partial charge in [0.15, 0.2) is 0 Å². The van der Waals surface area contributed by atoms with Crippen LogP contribution in [0.1, 0.15) is 32.8 Å². The highest BCUT2D eigenvalue weighted by Crippen LogP contribution is 2.22. The fourth-order valence-corrected chi connectivity index (χ4v) is 4.57. The molecule has 1 atom stereocenters. The lowest BCUT2D eigenvalue weighted by molar-refractivity contribution is -0.122. The van der Waals surface area contributed by atoms with E-state index in [9.17, 15) is 13.2 Å². The molecule has 0 saturated carbocycles. The van der Waals surface area contributed by atoms with Crippen LogP contribution in [-0.2, 0) is 21.4 Å². The smallest absolute Gasteiger partial charge is 0.244 e. The molecule has 2 aromatic carbocycles. The van der Waals surface area contributed by atoms with Gasteiger partial charge < -0.3 is 10.2 Å². The molecule has 2 rings (SSSR count). The van der Waals surface area contributed by atoms with Gasteiger partial charge in [-0.2, -0.15) is 0 Å². The summed E-state index contributed by atoms with van der Waals surface area (Å²) in [5.74, 6) is -0.311. The van der Waals surface area contributed by atoms with Gasteiger partial charge in [-0.3, -0.25) is 9.10 Å². The first-order chi connectivity index (χ1) is 13.8. The SMILES string of the molecule is CC[C@H](C(=O)NCc1ccc(N(CC)CC)cc1)N(c1ccccc1)S(C)(=O)=O. The van der Waals surface area contributed by atoms with Crippen molar-refractivity contribution in [2.24, 2.45) is 0 Å². The first-order valence-corrected chi connectivity index (χ1v) is 11.8. The van der Waals surface area contributed by atoms with Crippen LogP contribution in [0.3, 0.4) is 0 Å². The van der Waals surface area contributed by atoms with Gasteiger partial charge in [0, 0.05) is 25.3 Å². The van der Waals surface area contributed by atoms with Crippen molar-refractivity contribution < 1.29 is 13.2 Å². The molecule has 0 aromatic heterocycles. The summed E-state index contributed by atoms with van der Waals surface area (Å²) in [4.78, 5) is 15.1. The summed E-state index contributed by atoms with van der Waals surface area (Å²) in [7, 11) is -3.61. The molecule has 0 bridgehead atoms. The van der Waals surface area contributed by atoms with Crippen molar-refractivity contribution in [1.82, 2.24) is 5.32 Å². The fourth-order valence-electron chi connectivity index (χ4n) is 3.36. The molecule has 0 unspecified atom stereocenters. The summed E-state index contributed by atoms with van der Waals surface area (Å²) in [5.41, 5.74) is 2.60. The minimum atomic E-state index is -3.61. The summed E-state index contributed by atoms with van der Waals surface area (Å²) in [6.07, 6.45) is 1.50. The summed E-state index contributed by atoms with van der Waals surface area (Å²) in [5, 5.41) is 2.89. The molecule has 1 amide bonds. The number of benzene rings is 2. The summed E-state index contributed by atoms with van der Waals surface area (Å²) in [6.45, 7) is 8.26. The molecule has 0 fully saturated rings. The highest BCUT2D eigenvalue weighted by atomic mass is 32.2. The Morgan fingerprint density at radius 2 is 1.52 bits per heavy atom. The van der Waals surface area contributed by atoms with E-state index in [0.29, 0.717) is 18.7 Å². The lowest BCUT2D eigenvalue weighted by Crippen LogP contribution is -2.49. The molecule has 1 N–H and O–H groups in total. The number of nitrogens with zero attached hydrogens (tertiary/aromatic N) is 2.